The number of rotatable bonds is 9. The van der Waals surface area contributed by atoms with Gasteiger partial charge in [0.1, 0.15) is 0 Å². The summed E-state index contributed by atoms with van der Waals surface area (Å²) in [4.78, 5) is 2.29. The number of hydrogen-bond acceptors (Lipinski definition) is 4. The van der Waals surface area contributed by atoms with E-state index in [1.54, 1.807) is 6.92 Å². The summed E-state index contributed by atoms with van der Waals surface area (Å²) in [6.07, 6.45) is 7.50. The van der Waals surface area contributed by atoms with Crippen molar-refractivity contribution in [2.75, 3.05) is 26.7 Å². The van der Waals surface area contributed by atoms with E-state index in [1.807, 2.05) is 0 Å². The van der Waals surface area contributed by atoms with E-state index in [0.29, 0.717) is 25.2 Å². The zero-order chi connectivity index (χ0) is 14.6. The molecule has 2 aliphatic rings. The highest BCUT2D eigenvalue weighted by Crippen LogP contribution is 2.22. The molecule has 5 nitrogen and oxygen atoms in total. The molecule has 2 rings (SSSR count). The van der Waals surface area contributed by atoms with Crippen LogP contribution >= 0.6 is 0 Å². The van der Waals surface area contributed by atoms with Crippen LogP contribution < -0.4 is 10.0 Å². The Morgan fingerprint density at radius 1 is 1.20 bits per heavy atom. The van der Waals surface area contributed by atoms with E-state index >= 15 is 0 Å². The molecule has 0 aromatic rings. The average molecular weight is 303 g/mol. The first-order chi connectivity index (χ1) is 9.49. The molecule has 6 heteroatoms. The Hall–Kier alpha value is -0.170. The molecule has 1 unspecified atom stereocenters. The maximum atomic E-state index is 12.1. The van der Waals surface area contributed by atoms with Crippen LogP contribution in [0.3, 0.4) is 0 Å². The van der Waals surface area contributed by atoms with Gasteiger partial charge in [-0.3, -0.25) is 0 Å². The van der Waals surface area contributed by atoms with Gasteiger partial charge in [-0.15, -0.1) is 0 Å². The van der Waals surface area contributed by atoms with Crippen LogP contribution in [-0.2, 0) is 10.0 Å². The van der Waals surface area contributed by atoms with E-state index < -0.39 is 10.0 Å². The van der Waals surface area contributed by atoms with Gasteiger partial charge in [0.2, 0.25) is 10.0 Å². The molecule has 0 saturated heterocycles. The van der Waals surface area contributed by atoms with Gasteiger partial charge in [0, 0.05) is 31.7 Å². The lowest BCUT2D eigenvalue weighted by Crippen LogP contribution is -2.43. The van der Waals surface area contributed by atoms with Crippen molar-refractivity contribution < 1.29 is 8.42 Å². The van der Waals surface area contributed by atoms with Crippen molar-refractivity contribution in [3.63, 3.8) is 0 Å². The van der Waals surface area contributed by atoms with Crippen molar-refractivity contribution in [2.24, 2.45) is 0 Å². The maximum Gasteiger partial charge on any atom is 0.215 e. The van der Waals surface area contributed by atoms with Crippen molar-refractivity contribution in [1.82, 2.24) is 14.9 Å². The summed E-state index contributed by atoms with van der Waals surface area (Å²) in [6, 6.07) is 1.20. The molecule has 118 valence electrons. The molecule has 0 heterocycles. The molecule has 20 heavy (non-hydrogen) atoms. The molecule has 0 spiro atoms. The highest BCUT2D eigenvalue weighted by molar-refractivity contribution is 7.90. The van der Waals surface area contributed by atoms with Crippen LogP contribution in [0.5, 0.6) is 0 Å². The SMILES string of the molecule is CC(CNC1CC1)S(=O)(=O)NCCN(C)C1CCCC1. The first kappa shape index (κ1) is 16.2. The summed E-state index contributed by atoms with van der Waals surface area (Å²) in [7, 11) is -1.09. The van der Waals surface area contributed by atoms with Crippen molar-refractivity contribution in [3.05, 3.63) is 0 Å². The van der Waals surface area contributed by atoms with E-state index in [0.717, 1.165) is 6.54 Å². The molecule has 1 atom stereocenters. The second kappa shape index (κ2) is 7.20. The van der Waals surface area contributed by atoms with Gasteiger partial charge in [0.15, 0.2) is 0 Å². The third-order valence-electron chi connectivity index (χ3n) is 4.52. The van der Waals surface area contributed by atoms with Crippen LogP contribution in [0, 0.1) is 0 Å². The summed E-state index contributed by atoms with van der Waals surface area (Å²) in [5, 5.41) is 2.92. The predicted octanol–water partition coefficient (Wildman–Crippen LogP) is 0.921. The second-order valence-electron chi connectivity index (χ2n) is 6.35. The molecule has 0 amide bonds. The molecule has 2 fully saturated rings. The van der Waals surface area contributed by atoms with Crippen LogP contribution in [0.4, 0.5) is 0 Å². The normalized spacial score (nSPS) is 22.6. The molecule has 0 aliphatic heterocycles. The minimum absolute atomic E-state index is 0.361. The Bertz CT molecular complexity index is 389. The molecule has 2 N–H and O–H groups in total. The lowest BCUT2D eigenvalue weighted by Gasteiger charge is -2.24. The van der Waals surface area contributed by atoms with Gasteiger partial charge in [-0.25, -0.2) is 13.1 Å². The van der Waals surface area contributed by atoms with Crippen molar-refractivity contribution >= 4 is 10.0 Å². The van der Waals surface area contributed by atoms with Crippen LogP contribution in [-0.4, -0.2) is 57.3 Å². The van der Waals surface area contributed by atoms with Crippen molar-refractivity contribution in [2.45, 2.75) is 62.8 Å². The van der Waals surface area contributed by atoms with Gasteiger partial charge in [0.25, 0.3) is 0 Å². The Morgan fingerprint density at radius 3 is 2.45 bits per heavy atom. The third-order valence-corrected chi connectivity index (χ3v) is 6.35. The zero-order valence-electron chi connectivity index (χ0n) is 12.8. The highest BCUT2D eigenvalue weighted by atomic mass is 32.2. The minimum Gasteiger partial charge on any atom is -0.313 e. The first-order valence-corrected chi connectivity index (χ1v) is 9.46. The largest absolute Gasteiger partial charge is 0.313 e. The number of sulfonamides is 1. The lowest BCUT2D eigenvalue weighted by molar-refractivity contribution is 0.249. The fourth-order valence-corrected chi connectivity index (χ4v) is 3.74. The van der Waals surface area contributed by atoms with Gasteiger partial charge in [-0.2, -0.15) is 0 Å². The molecular formula is C14H29N3O2S. The van der Waals surface area contributed by atoms with E-state index in [4.69, 9.17) is 0 Å². The first-order valence-electron chi connectivity index (χ1n) is 7.91. The van der Waals surface area contributed by atoms with Crippen LogP contribution in [0.25, 0.3) is 0 Å². The summed E-state index contributed by atoms with van der Waals surface area (Å²) in [5.74, 6) is 0. The smallest absolute Gasteiger partial charge is 0.215 e. The van der Waals surface area contributed by atoms with Gasteiger partial charge < -0.3 is 10.2 Å². The summed E-state index contributed by atoms with van der Waals surface area (Å²) in [6.45, 7) is 3.65. The van der Waals surface area contributed by atoms with Gasteiger partial charge in [-0.1, -0.05) is 12.8 Å². The monoisotopic (exact) mass is 303 g/mol. The van der Waals surface area contributed by atoms with E-state index in [2.05, 4.69) is 22.0 Å². The Labute approximate surface area is 123 Å². The summed E-state index contributed by atoms with van der Waals surface area (Å²) < 4.78 is 26.9. The molecule has 2 aliphatic carbocycles. The summed E-state index contributed by atoms with van der Waals surface area (Å²) in [5.41, 5.74) is 0. The quantitative estimate of drug-likeness (QED) is 0.665. The topological polar surface area (TPSA) is 61.4 Å². The summed E-state index contributed by atoms with van der Waals surface area (Å²) >= 11 is 0. The van der Waals surface area contributed by atoms with E-state index in [1.165, 1.54) is 38.5 Å². The van der Waals surface area contributed by atoms with E-state index in [9.17, 15) is 8.42 Å². The van der Waals surface area contributed by atoms with Crippen LogP contribution in [0.2, 0.25) is 0 Å². The average Bonchev–Trinajstić information content (AvgIpc) is 3.06. The standard InChI is InChI=1S/C14H29N3O2S/c1-12(11-15-13-7-8-13)20(18,19)16-9-10-17(2)14-5-3-4-6-14/h12-16H,3-11H2,1-2H3. The Morgan fingerprint density at radius 2 is 1.85 bits per heavy atom. The second-order valence-corrected chi connectivity index (χ2v) is 8.53. The number of likely N-dealkylation sites (N-methyl/N-ethyl adjacent to an activating group) is 1. The molecular weight excluding hydrogens is 274 g/mol. The molecule has 2 saturated carbocycles. The van der Waals surface area contributed by atoms with Gasteiger partial charge in [0.05, 0.1) is 5.25 Å². The Balaban J connectivity index is 1.65. The van der Waals surface area contributed by atoms with Gasteiger partial charge in [-0.05, 0) is 39.7 Å². The van der Waals surface area contributed by atoms with Crippen molar-refractivity contribution in [1.29, 1.82) is 0 Å². The maximum absolute atomic E-state index is 12.1. The number of nitrogens with zero attached hydrogens (tertiary/aromatic N) is 1. The van der Waals surface area contributed by atoms with Crippen LogP contribution in [0.15, 0.2) is 0 Å². The third kappa shape index (κ3) is 4.98. The Kier molecular flexibility index (Phi) is 5.84. The fraction of sp³-hybridized carbons (Fsp3) is 1.00. The highest BCUT2D eigenvalue weighted by Gasteiger charge is 2.26. The number of nitrogens with one attached hydrogen (secondary N) is 2. The van der Waals surface area contributed by atoms with Gasteiger partial charge >= 0.3 is 0 Å². The molecule has 0 aromatic carbocycles. The fourth-order valence-electron chi connectivity index (χ4n) is 2.76. The molecule has 0 aromatic heterocycles. The molecule has 0 radical (unpaired) electrons. The van der Waals surface area contributed by atoms with E-state index in [-0.39, 0.29) is 5.25 Å². The predicted molar refractivity (Wildman–Crippen MR) is 82.3 cm³/mol. The van der Waals surface area contributed by atoms with Crippen LogP contribution in [0.1, 0.15) is 45.4 Å². The zero-order valence-corrected chi connectivity index (χ0v) is 13.6. The number of hydrogen-bond donors (Lipinski definition) is 2. The lowest BCUT2D eigenvalue weighted by atomic mass is 10.2. The minimum atomic E-state index is -3.19. The van der Waals surface area contributed by atoms with Crippen molar-refractivity contribution in [3.8, 4) is 0 Å². The molecule has 0 bridgehead atoms.